The summed E-state index contributed by atoms with van der Waals surface area (Å²) in [5, 5.41) is 9.01. The lowest BCUT2D eigenvalue weighted by atomic mass is 10.2. The molecule has 1 aromatic rings. The SMILES string of the molecule is CCCN(C(C)C)S(=O)(=O)c1cc(C#N)ccc1Cl. The second kappa shape index (κ2) is 6.38. The fraction of sp³-hybridized carbons (Fsp3) is 0.462. The molecule has 19 heavy (non-hydrogen) atoms. The zero-order chi connectivity index (χ0) is 14.6. The Morgan fingerprint density at radius 2 is 2.05 bits per heavy atom. The van der Waals surface area contributed by atoms with Gasteiger partial charge in [0, 0.05) is 12.6 Å². The molecular weight excluding hydrogens is 284 g/mol. The molecule has 0 aliphatic rings. The van der Waals surface area contributed by atoms with Crippen LogP contribution in [-0.4, -0.2) is 25.3 Å². The Morgan fingerprint density at radius 3 is 2.53 bits per heavy atom. The van der Waals surface area contributed by atoms with Crippen LogP contribution in [0.25, 0.3) is 0 Å². The van der Waals surface area contributed by atoms with Gasteiger partial charge >= 0.3 is 0 Å². The number of nitriles is 1. The molecule has 0 atom stereocenters. The quantitative estimate of drug-likeness (QED) is 0.839. The van der Waals surface area contributed by atoms with Crippen LogP contribution in [-0.2, 0) is 10.0 Å². The number of sulfonamides is 1. The molecular formula is C13H17ClN2O2S. The minimum atomic E-state index is -3.68. The largest absolute Gasteiger partial charge is 0.244 e. The minimum absolute atomic E-state index is 0.00429. The Bertz CT molecular complexity index is 591. The first-order valence-electron chi connectivity index (χ1n) is 6.06. The van der Waals surface area contributed by atoms with Crippen molar-refractivity contribution in [2.45, 2.75) is 38.1 Å². The number of nitrogens with zero attached hydrogens (tertiary/aromatic N) is 2. The summed E-state index contributed by atoms with van der Waals surface area (Å²) in [4.78, 5) is -0.00429. The van der Waals surface area contributed by atoms with Crippen molar-refractivity contribution in [2.75, 3.05) is 6.54 Å². The average Bonchev–Trinajstić information content (AvgIpc) is 2.35. The van der Waals surface area contributed by atoms with Gasteiger partial charge in [-0.05, 0) is 38.5 Å². The van der Waals surface area contributed by atoms with E-state index in [1.54, 1.807) is 0 Å². The average molecular weight is 301 g/mol. The van der Waals surface area contributed by atoms with E-state index in [0.29, 0.717) is 13.0 Å². The molecule has 0 heterocycles. The molecule has 6 heteroatoms. The molecule has 104 valence electrons. The van der Waals surface area contributed by atoms with E-state index in [1.807, 2.05) is 26.8 Å². The van der Waals surface area contributed by atoms with Crippen molar-refractivity contribution in [3.8, 4) is 6.07 Å². The summed E-state index contributed by atoms with van der Waals surface area (Å²) in [6.45, 7) is 5.97. The molecule has 0 N–H and O–H groups in total. The standard InChI is InChI=1S/C13H17ClN2O2S/c1-4-7-16(10(2)3)19(17,18)13-8-11(9-15)5-6-12(13)14/h5-6,8,10H,4,7H2,1-3H3. The Balaban J connectivity index is 3.37. The normalized spacial score (nSPS) is 11.8. The van der Waals surface area contributed by atoms with Crippen LogP contribution in [0.3, 0.4) is 0 Å². The van der Waals surface area contributed by atoms with Gasteiger partial charge in [0.15, 0.2) is 0 Å². The number of hydrogen-bond acceptors (Lipinski definition) is 3. The summed E-state index contributed by atoms with van der Waals surface area (Å²) in [5.41, 5.74) is 0.281. The Labute approximate surface area is 119 Å². The third-order valence-corrected chi connectivity index (χ3v) is 5.22. The van der Waals surface area contributed by atoms with E-state index in [0.717, 1.165) is 0 Å². The summed E-state index contributed by atoms with van der Waals surface area (Å²) in [6, 6.07) is 6.03. The van der Waals surface area contributed by atoms with Gasteiger partial charge in [-0.3, -0.25) is 0 Å². The maximum atomic E-state index is 12.6. The maximum Gasteiger partial charge on any atom is 0.244 e. The van der Waals surface area contributed by atoms with E-state index in [1.165, 1.54) is 22.5 Å². The number of halogens is 1. The second-order valence-corrected chi connectivity index (χ2v) is 6.73. The summed E-state index contributed by atoms with van der Waals surface area (Å²) in [6.07, 6.45) is 0.715. The van der Waals surface area contributed by atoms with E-state index in [2.05, 4.69) is 0 Å². The van der Waals surface area contributed by atoms with Crippen molar-refractivity contribution >= 4 is 21.6 Å². The molecule has 0 spiro atoms. The summed E-state index contributed by atoms with van der Waals surface area (Å²) in [7, 11) is -3.68. The van der Waals surface area contributed by atoms with Gasteiger partial charge < -0.3 is 0 Å². The molecule has 0 unspecified atom stereocenters. The molecule has 0 fully saturated rings. The smallest absolute Gasteiger partial charge is 0.207 e. The lowest BCUT2D eigenvalue weighted by Crippen LogP contribution is -2.37. The van der Waals surface area contributed by atoms with Crippen molar-refractivity contribution in [3.05, 3.63) is 28.8 Å². The molecule has 1 aromatic carbocycles. The monoisotopic (exact) mass is 300 g/mol. The van der Waals surface area contributed by atoms with Crippen molar-refractivity contribution in [3.63, 3.8) is 0 Å². The maximum absolute atomic E-state index is 12.6. The predicted octanol–water partition coefficient (Wildman–Crippen LogP) is 3.02. The molecule has 0 aromatic heterocycles. The van der Waals surface area contributed by atoms with Crippen LogP contribution in [0.4, 0.5) is 0 Å². The first-order valence-corrected chi connectivity index (χ1v) is 7.87. The van der Waals surface area contributed by atoms with Crippen molar-refractivity contribution in [2.24, 2.45) is 0 Å². The van der Waals surface area contributed by atoms with Crippen LogP contribution in [0.5, 0.6) is 0 Å². The highest BCUT2D eigenvalue weighted by atomic mass is 35.5. The van der Waals surface area contributed by atoms with Gasteiger partial charge in [-0.1, -0.05) is 18.5 Å². The zero-order valence-electron chi connectivity index (χ0n) is 11.2. The third-order valence-electron chi connectivity index (χ3n) is 2.67. The van der Waals surface area contributed by atoms with Gasteiger partial charge in [-0.15, -0.1) is 0 Å². The second-order valence-electron chi connectivity index (χ2n) is 4.47. The molecule has 0 bridgehead atoms. The summed E-state index contributed by atoms with van der Waals surface area (Å²) >= 11 is 5.97. The summed E-state index contributed by atoms with van der Waals surface area (Å²) < 4.78 is 26.6. The molecule has 0 radical (unpaired) electrons. The van der Waals surface area contributed by atoms with Gasteiger partial charge in [0.2, 0.25) is 10.0 Å². The van der Waals surface area contributed by atoms with Crippen LogP contribution in [0, 0.1) is 11.3 Å². The van der Waals surface area contributed by atoms with E-state index >= 15 is 0 Å². The van der Waals surface area contributed by atoms with Gasteiger partial charge in [0.05, 0.1) is 16.7 Å². The van der Waals surface area contributed by atoms with E-state index in [4.69, 9.17) is 16.9 Å². The highest BCUT2D eigenvalue weighted by Crippen LogP contribution is 2.27. The van der Waals surface area contributed by atoms with Crippen LogP contribution < -0.4 is 0 Å². The van der Waals surface area contributed by atoms with Gasteiger partial charge in [0.25, 0.3) is 0 Å². The highest BCUT2D eigenvalue weighted by molar-refractivity contribution is 7.89. The number of rotatable bonds is 5. The highest BCUT2D eigenvalue weighted by Gasteiger charge is 2.28. The first kappa shape index (κ1) is 16.0. The van der Waals surface area contributed by atoms with Crippen LogP contribution in [0.1, 0.15) is 32.8 Å². The topological polar surface area (TPSA) is 61.2 Å². The molecule has 4 nitrogen and oxygen atoms in total. The third kappa shape index (κ3) is 3.47. The van der Waals surface area contributed by atoms with Crippen molar-refractivity contribution in [1.29, 1.82) is 5.26 Å². The number of benzene rings is 1. The van der Waals surface area contributed by atoms with Crippen LogP contribution >= 0.6 is 11.6 Å². The van der Waals surface area contributed by atoms with Crippen molar-refractivity contribution < 1.29 is 8.42 Å². The lowest BCUT2D eigenvalue weighted by Gasteiger charge is -2.25. The van der Waals surface area contributed by atoms with Crippen LogP contribution in [0.15, 0.2) is 23.1 Å². The first-order chi connectivity index (χ1) is 8.84. The molecule has 0 aliphatic carbocycles. The predicted molar refractivity (Wildman–Crippen MR) is 75.5 cm³/mol. The van der Waals surface area contributed by atoms with Crippen LogP contribution in [0.2, 0.25) is 5.02 Å². The number of hydrogen-bond donors (Lipinski definition) is 0. The molecule has 0 saturated carbocycles. The molecule has 0 saturated heterocycles. The molecule has 1 rings (SSSR count). The minimum Gasteiger partial charge on any atom is -0.207 e. The fourth-order valence-corrected chi connectivity index (χ4v) is 4.00. The Morgan fingerprint density at radius 1 is 1.42 bits per heavy atom. The Hall–Kier alpha value is -1.09. The molecule has 0 aliphatic heterocycles. The van der Waals surface area contributed by atoms with E-state index in [-0.39, 0.29) is 21.5 Å². The van der Waals surface area contributed by atoms with E-state index in [9.17, 15) is 8.42 Å². The molecule has 0 amide bonds. The lowest BCUT2D eigenvalue weighted by molar-refractivity contribution is 0.354. The van der Waals surface area contributed by atoms with E-state index < -0.39 is 10.0 Å². The fourth-order valence-electron chi connectivity index (χ4n) is 1.77. The Kier molecular flexibility index (Phi) is 5.36. The zero-order valence-corrected chi connectivity index (χ0v) is 12.8. The van der Waals surface area contributed by atoms with Gasteiger partial charge in [-0.2, -0.15) is 9.57 Å². The van der Waals surface area contributed by atoms with Gasteiger partial charge in [0.1, 0.15) is 4.90 Å². The summed E-state index contributed by atoms with van der Waals surface area (Å²) in [5.74, 6) is 0. The van der Waals surface area contributed by atoms with Crippen molar-refractivity contribution in [1.82, 2.24) is 4.31 Å². The van der Waals surface area contributed by atoms with Gasteiger partial charge in [-0.25, -0.2) is 8.42 Å².